The lowest BCUT2D eigenvalue weighted by Crippen LogP contribution is -2.30. The highest BCUT2D eigenvalue weighted by molar-refractivity contribution is 8.04. The van der Waals surface area contributed by atoms with E-state index in [0.29, 0.717) is 22.8 Å². The largest absolute Gasteiger partial charge is 0.494 e. The van der Waals surface area contributed by atoms with Crippen LogP contribution in [0.4, 0.5) is 0 Å². The summed E-state index contributed by atoms with van der Waals surface area (Å²) in [6, 6.07) is 10.8. The first-order valence-corrected chi connectivity index (χ1v) is 9.92. The maximum atomic E-state index is 13.1. The minimum absolute atomic E-state index is 0.133. The maximum Gasteiger partial charge on any atom is 0.268 e. The molecule has 0 fully saturated rings. The van der Waals surface area contributed by atoms with Crippen LogP contribution in [0.3, 0.4) is 0 Å². The second-order valence-electron chi connectivity index (χ2n) is 6.52. The third kappa shape index (κ3) is 4.27. The van der Waals surface area contributed by atoms with Crippen LogP contribution in [0.2, 0.25) is 0 Å². The van der Waals surface area contributed by atoms with Gasteiger partial charge in [-0.3, -0.25) is 14.5 Å². The summed E-state index contributed by atoms with van der Waals surface area (Å²) >= 11 is 1.42. The smallest absolute Gasteiger partial charge is 0.268 e. The fourth-order valence-electron chi connectivity index (χ4n) is 2.79. The zero-order valence-corrected chi connectivity index (χ0v) is 16.5. The van der Waals surface area contributed by atoms with E-state index in [1.165, 1.54) is 22.9 Å². The quantitative estimate of drug-likeness (QED) is 0.627. The molecule has 142 valence electrons. The van der Waals surface area contributed by atoms with Gasteiger partial charge >= 0.3 is 0 Å². The minimum atomic E-state index is -0.290. The summed E-state index contributed by atoms with van der Waals surface area (Å²) in [4.78, 5) is 27.7. The average molecular weight is 385 g/mol. The highest BCUT2D eigenvalue weighted by Crippen LogP contribution is 2.38. The number of furan rings is 1. The van der Waals surface area contributed by atoms with E-state index >= 15 is 0 Å². The molecule has 1 aromatic carbocycles. The van der Waals surface area contributed by atoms with Crippen molar-refractivity contribution in [3.05, 3.63) is 58.9 Å². The molecule has 0 bridgehead atoms. The molecule has 2 aromatic rings. The van der Waals surface area contributed by atoms with Crippen molar-refractivity contribution in [2.75, 3.05) is 6.61 Å². The fourth-order valence-corrected chi connectivity index (χ4v) is 3.80. The normalized spacial score (nSPS) is 14.6. The summed E-state index contributed by atoms with van der Waals surface area (Å²) in [5.41, 5.74) is 1.18. The van der Waals surface area contributed by atoms with Crippen LogP contribution in [0.1, 0.15) is 38.5 Å². The number of hydrogen-bond donors (Lipinski definition) is 0. The van der Waals surface area contributed by atoms with Crippen LogP contribution in [0.25, 0.3) is 5.57 Å². The molecular weight excluding hydrogens is 362 g/mol. The van der Waals surface area contributed by atoms with Crippen LogP contribution in [0.5, 0.6) is 5.75 Å². The zero-order chi connectivity index (χ0) is 19.4. The van der Waals surface area contributed by atoms with Gasteiger partial charge in [-0.2, -0.15) is 0 Å². The van der Waals surface area contributed by atoms with E-state index in [0.717, 1.165) is 17.7 Å². The number of hydrogen-bond acceptors (Lipinski definition) is 5. The number of amides is 2. The van der Waals surface area contributed by atoms with E-state index in [1.807, 2.05) is 45.0 Å². The lowest BCUT2D eigenvalue weighted by molar-refractivity contribution is -0.137. The first-order valence-electron chi connectivity index (χ1n) is 9.04. The molecule has 5 nitrogen and oxygen atoms in total. The molecule has 6 heteroatoms. The maximum absolute atomic E-state index is 13.1. The van der Waals surface area contributed by atoms with Gasteiger partial charge in [0.15, 0.2) is 0 Å². The second-order valence-corrected chi connectivity index (χ2v) is 8.11. The Balaban J connectivity index is 1.91. The molecule has 0 N–H and O–H groups in total. The molecule has 1 aromatic heterocycles. The van der Waals surface area contributed by atoms with Crippen LogP contribution in [-0.4, -0.2) is 28.6 Å². The van der Waals surface area contributed by atoms with Crippen LogP contribution < -0.4 is 4.74 Å². The molecule has 0 saturated carbocycles. The summed E-state index contributed by atoms with van der Waals surface area (Å²) in [7, 11) is 0. The van der Waals surface area contributed by atoms with Crippen LogP contribution in [0, 0.1) is 0 Å². The number of benzene rings is 1. The van der Waals surface area contributed by atoms with Crippen LogP contribution in [-0.2, 0) is 16.1 Å². The SMILES string of the molecule is CCCOc1ccc(C2=C(SC(C)C)C(=O)N(Cc3ccco3)C2=O)cc1. The van der Waals surface area contributed by atoms with Gasteiger partial charge in [0.05, 0.1) is 29.9 Å². The van der Waals surface area contributed by atoms with Crippen molar-refractivity contribution in [1.29, 1.82) is 0 Å². The molecule has 27 heavy (non-hydrogen) atoms. The average Bonchev–Trinajstić information content (AvgIpc) is 3.24. The van der Waals surface area contributed by atoms with Gasteiger partial charge in [0.2, 0.25) is 0 Å². The summed E-state index contributed by atoms with van der Waals surface area (Å²) in [6.07, 6.45) is 2.46. The van der Waals surface area contributed by atoms with Gasteiger partial charge in [-0.1, -0.05) is 32.9 Å². The van der Waals surface area contributed by atoms with Crippen molar-refractivity contribution < 1.29 is 18.7 Å². The molecule has 0 aliphatic carbocycles. The Morgan fingerprint density at radius 1 is 1.11 bits per heavy atom. The molecule has 1 aliphatic heterocycles. The zero-order valence-electron chi connectivity index (χ0n) is 15.7. The topological polar surface area (TPSA) is 59.8 Å². The van der Waals surface area contributed by atoms with Gasteiger partial charge in [0, 0.05) is 5.25 Å². The van der Waals surface area contributed by atoms with Crippen LogP contribution >= 0.6 is 11.8 Å². The van der Waals surface area contributed by atoms with Gasteiger partial charge in [0.1, 0.15) is 11.5 Å². The molecular formula is C21H23NO4S. The third-order valence-corrected chi connectivity index (χ3v) is 5.07. The molecule has 2 amide bonds. The predicted octanol–water partition coefficient (Wildman–Crippen LogP) is 4.49. The number of rotatable bonds is 8. The Kier molecular flexibility index (Phi) is 6.06. The Morgan fingerprint density at radius 2 is 1.85 bits per heavy atom. The fraction of sp³-hybridized carbons (Fsp3) is 0.333. The lowest BCUT2D eigenvalue weighted by atomic mass is 10.1. The van der Waals surface area contributed by atoms with Crippen molar-refractivity contribution in [1.82, 2.24) is 4.90 Å². The van der Waals surface area contributed by atoms with E-state index in [-0.39, 0.29) is 23.6 Å². The monoisotopic (exact) mass is 385 g/mol. The third-order valence-electron chi connectivity index (χ3n) is 3.99. The molecule has 0 radical (unpaired) electrons. The first-order chi connectivity index (χ1) is 13.0. The summed E-state index contributed by atoms with van der Waals surface area (Å²) in [6.45, 7) is 6.83. The van der Waals surface area contributed by atoms with Crippen molar-refractivity contribution in [2.24, 2.45) is 0 Å². The van der Waals surface area contributed by atoms with Crippen molar-refractivity contribution >= 4 is 29.1 Å². The van der Waals surface area contributed by atoms with E-state index in [1.54, 1.807) is 12.1 Å². The number of thioether (sulfide) groups is 1. The summed E-state index contributed by atoms with van der Waals surface area (Å²) in [5, 5.41) is 0.183. The number of nitrogens with zero attached hydrogens (tertiary/aromatic N) is 1. The minimum Gasteiger partial charge on any atom is -0.494 e. The lowest BCUT2D eigenvalue weighted by Gasteiger charge is -2.13. The van der Waals surface area contributed by atoms with E-state index in [4.69, 9.17) is 9.15 Å². The highest BCUT2D eigenvalue weighted by Gasteiger charge is 2.39. The van der Waals surface area contributed by atoms with Gasteiger partial charge in [-0.05, 0) is 36.2 Å². The molecule has 3 rings (SSSR count). The van der Waals surface area contributed by atoms with Gasteiger partial charge in [0.25, 0.3) is 11.8 Å². The van der Waals surface area contributed by atoms with Crippen molar-refractivity contribution in [3.8, 4) is 5.75 Å². The summed E-state index contributed by atoms with van der Waals surface area (Å²) < 4.78 is 10.9. The molecule has 2 heterocycles. The molecule has 0 saturated heterocycles. The molecule has 0 unspecified atom stereocenters. The second kappa shape index (κ2) is 8.48. The molecule has 0 atom stereocenters. The van der Waals surface area contributed by atoms with Crippen molar-refractivity contribution in [3.63, 3.8) is 0 Å². The van der Waals surface area contributed by atoms with E-state index in [2.05, 4.69) is 0 Å². The Hall–Kier alpha value is -2.47. The number of carbonyl (C=O) groups is 2. The predicted molar refractivity (Wildman–Crippen MR) is 106 cm³/mol. The number of ether oxygens (including phenoxy) is 1. The Labute approximate surface area is 163 Å². The van der Waals surface area contributed by atoms with Gasteiger partial charge in [-0.25, -0.2) is 0 Å². The summed E-state index contributed by atoms with van der Waals surface area (Å²) in [5.74, 6) is 0.775. The molecule has 1 aliphatic rings. The number of imide groups is 1. The Morgan fingerprint density at radius 3 is 2.44 bits per heavy atom. The van der Waals surface area contributed by atoms with Gasteiger partial charge in [-0.15, -0.1) is 11.8 Å². The van der Waals surface area contributed by atoms with E-state index < -0.39 is 0 Å². The van der Waals surface area contributed by atoms with Crippen LogP contribution in [0.15, 0.2) is 52.0 Å². The first kappa shape index (κ1) is 19.3. The van der Waals surface area contributed by atoms with Gasteiger partial charge < -0.3 is 9.15 Å². The Bertz CT molecular complexity index is 838. The number of carbonyl (C=O) groups excluding carboxylic acids is 2. The van der Waals surface area contributed by atoms with E-state index in [9.17, 15) is 9.59 Å². The van der Waals surface area contributed by atoms with Crippen molar-refractivity contribution in [2.45, 2.75) is 39.0 Å². The highest BCUT2D eigenvalue weighted by atomic mass is 32.2. The standard InChI is InChI=1S/C21H23NO4S/c1-4-11-25-16-9-7-15(8-10-16)18-19(27-14(2)3)21(24)22(20(18)23)13-17-6-5-12-26-17/h5-10,12,14H,4,11,13H2,1-3H3. The molecule has 0 spiro atoms.